The first kappa shape index (κ1) is 14.6. The summed E-state index contributed by atoms with van der Waals surface area (Å²) >= 11 is 6.23. The van der Waals surface area contributed by atoms with E-state index in [9.17, 15) is 0 Å². The van der Waals surface area contributed by atoms with Crippen molar-refractivity contribution in [3.8, 4) is 5.75 Å². The molecule has 1 fully saturated rings. The van der Waals surface area contributed by atoms with Gasteiger partial charge in [0.25, 0.3) is 0 Å². The van der Waals surface area contributed by atoms with Crippen LogP contribution in [-0.2, 0) is 9.47 Å². The summed E-state index contributed by atoms with van der Waals surface area (Å²) in [5.74, 6) is 0.891. The van der Waals surface area contributed by atoms with Crippen LogP contribution in [0.1, 0.15) is 6.42 Å². The van der Waals surface area contributed by atoms with Crippen molar-refractivity contribution in [1.82, 2.24) is 0 Å². The van der Waals surface area contributed by atoms with Crippen molar-refractivity contribution in [3.05, 3.63) is 42.5 Å². The van der Waals surface area contributed by atoms with Crippen molar-refractivity contribution in [2.45, 2.75) is 24.0 Å². The number of ether oxygens (including phenoxy) is 3. The van der Waals surface area contributed by atoms with E-state index < -0.39 is 0 Å². The van der Waals surface area contributed by atoms with Crippen molar-refractivity contribution >= 4 is 22.4 Å². The van der Waals surface area contributed by atoms with Crippen molar-refractivity contribution in [2.75, 3.05) is 20.3 Å². The molecule has 0 amide bonds. The van der Waals surface area contributed by atoms with Gasteiger partial charge in [0.2, 0.25) is 0 Å². The fourth-order valence-corrected chi connectivity index (χ4v) is 2.99. The van der Waals surface area contributed by atoms with Gasteiger partial charge < -0.3 is 14.2 Å². The van der Waals surface area contributed by atoms with Crippen LogP contribution >= 0.6 is 11.6 Å². The molecule has 21 heavy (non-hydrogen) atoms. The van der Waals surface area contributed by atoms with Gasteiger partial charge in [-0.3, -0.25) is 0 Å². The van der Waals surface area contributed by atoms with Gasteiger partial charge >= 0.3 is 0 Å². The van der Waals surface area contributed by atoms with Crippen LogP contribution in [-0.4, -0.2) is 37.9 Å². The minimum Gasteiger partial charge on any atom is -0.487 e. The third-order valence-corrected chi connectivity index (χ3v) is 4.23. The van der Waals surface area contributed by atoms with E-state index in [0.29, 0.717) is 13.2 Å². The van der Waals surface area contributed by atoms with Crippen molar-refractivity contribution < 1.29 is 14.2 Å². The summed E-state index contributed by atoms with van der Waals surface area (Å²) in [6.07, 6.45) is 0.749. The fraction of sp³-hybridized carbons (Fsp3) is 0.412. The highest BCUT2D eigenvalue weighted by Gasteiger charge is 2.42. The summed E-state index contributed by atoms with van der Waals surface area (Å²) in [5, 5.41) is 2.31. The molecule has 0 radical (unpaired) electrons. The van der Waals surface area contributed by atoms with Gasteiger partial charge in [-0.15, -0.1) is 11.6 Å². The van der Waals surface area contributed by atoms with Crippen LogP contribution in [0.5, 0.6) is 5.75 Å². The predicted molar refractivity (Wildman–Crippen MR) is 84.2 cm³/mol. The average Bonchev–Trinajstić information content (AvgIpc) is 2.51. The SMILES string of the molecule is COCCOC1C(Cl)CC1Oc1cccc2ccccc12. The normalized spacial score (nSPS) is 24.8. The van der Waals surface area contributed by atoms with Crippen LogP contribution < -0.4 is 4.74 Å². The average molecular weight is 307 g/mol. The Morgan fingerprint density at radius 2 is 1.90 bits per heavy atom. The van der Waals surface area contributed by atoms with E-state index >= 15 is 0 Å². The topological polar surface area (TPSA) is 27.7 Å². The van der Waals surface area contributed by atoms with Gasteiger partial charge in [-0.05, 0) is 11.5 Å². The number of benzene rings is 2. The van der Waals surface area contributed by atoms with Crippen LogP contribution in [0.15, 0.2) is 42.5 Å². The van der Waals surface area contributed by atoms with E-state index in [4.69, 9.17) is 25.8 Å². The maximum absolute atomic E-state index is 6.23. The molecule has 4 heteroatoms. The maximum atomic E-state index is 6.23. The van der Waals surface area contributed by atoms with Crippen LogP contribution in [0.3, 0.4) is 0 Å². The van der Waals surface area contributed by atoms with Crippen molar-refractivity contribution in [2.24, 2.45) is 0 Å². The molecule has 3 rings (SSSR count). The first-order valence-corrected chi connectivity index (χ1v) is 7.62. The number of hydrogen-bond acceptors (Lipinski definition) is 3. The van der Waals surface area contributed by atoms with Crippen molar-refractivity contribution in [1.29, 1.82) is 0 Å². The molecular weight excluding hydrogens is 288 g/mol. The molecule has 0 saturated heterocycles. The minimum atomic E-state index is -0.0687. The number of alkyl halides is 1. The van der Waals surface area contributed by atoms with E-state index in [-0.39, 0.29) is 17.6 Å². The highest BCUT2D eigenvalue weighted by atomic mass is 35.5. The van der Waals surface area contributed by atoms with Gasteiger partial charge in [-0.1, -0.05) is 36.4 Å². The summed E-state index contributed by atoms with van der Waals surface area (Å²) < 4.78 is 16.9. The third kappa shape index (κ3) is 3.15. The molecule has 2 aromatic carbocycles. The van der Waals surface area contributed by atoms with Crippen LogP contribution in [0.25, 0.3) is 10.8 Å². The van der Waals surface area contributed by atoms with E-state index in [1.165, 1.54) is 5.39 Å². The number of halogens is 1. The van der Waals surface area contributed by atoms with Gasteiger partial charge in [0.15, 0.2) is 0 Å². The molecular formula is C17H19ClO3. The Balaban J connectivity index is 1.70. The lowest BCUT2D eigenvalue weighted by Crippen LogP contribution is -2.53. The molecule has 0 heterocycles. The van der Waals surface area contributed by atoms with Gasteiger partial charge in [-0.2, -0.15) is 0 Å². The molecule has 112 valence electrons. The number of methoxy groups -OCH3 is 1. The van der Waals surface area contributed by atoms with E-state index in [1.54, 1.807) is 7.11 Å². The Hall–Kier alpha value is -1.29. The molecule has 1 saturated carbocycles. The molecule has 0 bridgehead atoms. The second kappa shape index (κ2) is 6.65. The quantitative estimate of drug-likeness (QED) is 0.602. The molecule has 0 N–H and O–H groups in total. The molecule has 1 aliphatic rings. The Morgan fingerprint density at radius 3 is 2.71 bits per heavy atom. The largest absolute Gasteiger partial charge is 0.487 e. The summed E-state index contributed by atoms with van der Waals surface area (Å²) in [5.41, 5.74) is 0. The predicted octanol–water partition coefficient (Wildman–Crippen LogP) is 3.63. The Morgan fingerprint density at radius 1 is 1.10 bits per heavy atom. The minimum absolute atomic E-state index is 0.00941. The number of rotatable bonds is 6. The fourth-order valence-electron chi connectivity index (χ4n) is 2.58. The molecule has 1 aliphatic carbocycles. The second-order valence-corrected chi connectivity index (χ2v) is 5.77. The zero-order valence-corrected chi connectivity index (χ0v) is 12.8. The summed E-state index contributed by atoms with van der Waals surface area (Å²) in [4.78, 5) is 0. The monoisotopic (exact) mass is 306 g/mol. The summed E-state index contributed by atoms with van der Waals surface area (Å²) in [7, 11) is 1.66. The molecule has 3 nitrogen and oxygen atoms in total. The van der Waals surface area contributed by atoms with Gasteiger partial charge in [-0.25, -0.2) is 0 Å². The maximum Gasteiger partial charge on any atom is 0.128 e. The molecule has 3 unspecified atom stereocenters. The van der Waals surface area contributed by atoms with E-state index in [0.717, 1.165) is 17.6 Å². The first-order chi connectivity index (χ1) is 10.3. The molecule has 0 spiro atoms. The van der Waals surface area contributed by atoms with Gasteiger partial charge in [0.05, 0.1) is 18.6 Å². The Labute approximate surface area is 129 Å². The smallest absolute Gasteiger partial charge is 0.128 e. The molecule has 2 aromatic rings. The van der Waals surface area contributed by atoms with E-state index in [2.05, 4.69) is 18.2 Å². The van der Waals surface area contributed by atoms with Crippen molar-refractivity contribution in [3.63, 3.8) is 0 Å². The lowest BCUT2D eigenvalue weighted by atomic mass is 9.90. The lowest BCUT2D eigenvalue weighted by Gasteiger charge is -2.40. The second-order valence-electron chi connectivity index (χ2n) is 5.21. The Kier molecular flexibility index (Phi) is 4.63. The first-order valence-electron chi connectivity index (χ1n) is 7.18. The highest BCUT2D eigenvalue weighted by Crippen LogP contribution is 2.35. The van der Waals surface area contributed by atoms with Gasteiger partial charge in [0, 0.05) is 18.9 Å². The zero-order valence-electron chi connectivity index (χ0n) is 12.0. The summed E-state index contributed by atoms with van der Waals surface area (Å²) in [6, 6.07) is 14.3. The third-order valence-electron chi connectivity index (χ3n) is 3.81. The molecule has 0 aliphatic heterocycles. The standard InChI is InChI=1S/C17H19ClO3/c1-19-9-10-20-17-14(18)11-16(17)21-15-8-4-6-12-5-2-3-7-13(12)15/h2-8,14,16-17H,9-11H2,1H3. The van der Waals surface area contributed by atoms with Crippen LogP contribution in [0, 0.1) is 0 Å². The molecule has 0 aromatic heterocycles. The highest BCUT2D eigenvalue weighted by molar-refractivity contribution is 6.21. The van der Waals surface area contributed by atoms with Gasteiger partial charge in [0.1, 0.15) is 18.0 Å². The molecule has 3 atom stereocenters. The summed E-state index contributed by atoms with van der Waals surface area (Å²) in [6.45, 7) is 1.11. The van der Waals surface area contributed by atoms with E-state index in [1.807, 2.05) is 24.3 Å². The van der Waals surface area contributed by atoms with Crippen LogP contribution in [0.2, 0.25) is 0 Å². The lowest BCUT2D eigenvalue weighted by molar-refractivity contribution is -0.0894. The Bertz CT molecular complexity index is 596. The zero-order chi connectivity index (χ0) is 14.7. The number of fused-ring (bicyclic) bond motifs is 1. The van der Waals surface area contributed by atoms with Crippen LogP contribution in [0.4, 0.5) is 0 Å². The number of hydrogen-bond donors (Lipinski definition) is 0.